The van der Waals surface area contributed by atoms with Crippen LogP contribution in [0.15, 0.2) is 66.7 Å². The molecular formula is C27H28N2O4. The molecule has 4 aromatic rings. The van der Waals surface area contributed by atoms with Crippen LogP contribution in [0.4, 0.5) is 0 Å². The maximum Gasteiger partial charge on any atom is 0.323 e. The summed E-state index contributed by atoms with van der Waals surface area (Å²) in [5.41, 5.74) is 3.89. The summed E-state index contributed by atoms with van der Waals surface area (Å²) >= 11 is 0. The molecule has 4 rings (SSSR count). The number of aromatic nitrogens is 1. The number of para-hydroxylation sites is 1. The van der Waals surface area contributed by atoms with Crippen LogP contribution in [0.3, 0.4) is 0 Å². The number of hydrogen-bond donors (Lipinski definition) is 1. The lowest BCUT2D eigenvalue weighted by Gasteiger charge is -2.21. The number of ether oxygens (including phenoxy) is 1. The second-order valence-electron chi connectivity index (χ2n) is 8.56. The lowest BCUT2D eigenvalue weighted by molar-refractivity contribution is -0.144. The van der Waals surface area contributed by atoms with Gasteiger partial charge in [-0.1, -0.05) is 42.5 Å². The number of carbonyl (C=O) groups is 2. The number of benzene rings is 3. The van der Waals surface area contributed by atoms with E-state index in [9.17, 15) is 14.7 Å². The highest BCUT2D eigenvalue weighted by molar-refractivity contribution is 6.08. The summed E-state index contributed by atoms with van der Waals surface area (Å²) in [5, 5.41) is 11.7. The van der Waals surface area contributed by atoms with Gasteiger partial charge in [-0.05, 0) is 49.2 Å². The van der Waals surface area contributed by atoms with E-state index in [2.05, 4.69) is 16.7 Å². The molecule has 33 heavy (non-hydrogen) atoms. The molecule has 6 nitrogen and oxygen atoms in total. The van der Waals surface area contributed by atoms with Crippen molar-refractivity contribution in [3.8, 4) is 5.75 Å². The molecule has 6 heteroatoms. The number of nitrogens with zero attached hydrogens (tertiary/aromatic N) is 2. The zero-order chi connectivity index (χ0) is 23.5. The molecule has 0 aliphatic carbocycles. The second kappa shape index (κ2) is 9.36. The fraction of sp³-hybridized carbons (Fsp3) is 0.259. The molecule has 0 saturated carbocycles. The van der Waals surface area contributed by atoms with Gasteiger partial charge in [0.2, 0.25) is 5.91 Å². The number of carboxylic acid groups (broad SMARTS) is 1. The maximum absolute atomic E-state index is 13.1. The number of fused-ring (bicyclic) bond motifs is 3. The highest BCUT2D eigenvalue weighted by Crippen LogP contribution is 2.28. The molecule has 0 aliphatic rings. The van der Waals surface area contributed by atoms with Crippen LogP contribution in [-0.2, 0) is 29.6 Å². The smallest absolute Gasteiger partial charge is 0.323 e. The van der Waals surface area contributed by atoms with E-state index < -0.39 is 5.97 Å². The van der Waals surface area contributed by atoms with Gasteiger partial charge in [-0.2, -0.15) is 0 Å². The minimum atomic E-state index is -1.03. The van der Waals surface area contributed by atoms with Crippen molar-refractivity contribution in [3.63, 3.8) is 0 Å². The molecule has 170 valence electrons. The molecule has 0 unspecified atom stereocenters. The van der Waals surface area contributed by atoms with Crippen LogP contribution in [0.25, 0.3) is 21.8 Å². The van der Waals surface area contributed by atoms with Crippen molar-refractivity contribution in [2.24, 2.45) is 7.05 Å². The van der Waals surface area contributed by atoms with Crippen LogP contribution in [0, 0.1) is 0 Å². The average Bonchev–Trinajstić information content (AvgIpc) is 3.06. The molecule has 1 amide bonds. The molecule has 0 radical (unpaired) electrons. The monoisotopic (exact) mass is 444 g/mol. The van der Waals surface area contributed by atoms with Gasteiger partial charge in [-0.15, -0.1) is 0 Å². The fourth-order valence-electron chi connectivity index (χ4n) is 4.16. The molecule has 0 bridgehead atoms. The van der Waals surface area contributed by atoms with Crippen molar-refractivity contribution in [3.05, 3.63) is 77.9 Å². The predicted octanol–water partition coefficient (Wildman–Crippen LogP) is 4.77. The van der Waals surface area contributed by atoms with Crippen LogP contribution >= 0.6 is 0 Å². The third-order valence-electron chi connectivity index (χ3n) is 5.68. The fourth-order valence-corrected chi connectivity index (χ4v) is 4.16. The molecular weight excluding hydrogens is 416 g/mol. The highest BCUT2D eigenvalue weighted by atomic mass is 16.5. The quantitative estimate of drug-likeness (QED) is 0.425. The molecule has 0 saturated heterocycles. The Balaban J connectivity index is 1.54. The summed E-state index contributed by atoms with van der Waals surface area (Å²) in [6.45, 7) is 3.79. The minimum absolute atomic E-state index is 0.0695. The second-order valence-corrected chi connectivity index (χ2v) is 8.56. The lowest BCUT2D eigenvalue weighted by atomic mass is 10.1. The lowest BCUT2D eigenvalue weighted by Crippen LogP contribution is -2.36. The third kappa shape index (κ3) is 5.00. The summed E-state index contributed by atoms with van der Waals surface area (Å²) in [7, 11) is 2.01. The zero-order valence-corrected chi connectivity index (χ0v) is 19.1. The van der Waals surface area contributed by atoms with E-state index in [-0.39, 0.29) is 31.5 Å². The van der Waals surface area contributed by atoms with Gasteiger partial charge < -0.3 is 19.3 Å². The Morgan fingerprint density at radius 3 is 2.30 bits per heavy atom. The summed E-state index contributed by atoms with van der Waals surface area (Å²) in [4.78, 5) is 25.9. The summed E-state index contributed by atoms with van der Waals surface area (Å²) < 4.78 is 7.77. The largest absolute Gasteiger partial charge is 0.491 e. The van der Waals surface area contributed by atoms with Crippen LogP contribution in [0.1, 0.15) is 25.0 Å². The van der Waals surface area contributed by atoms with Gasteiger partial charge in [-0.25, -0.2) is 0 Å². The summed E-state index contributed by atoms with van der Waals surface area (Å²) in [5.74, 6) is -0.515. The van der Waals surface area contributed by atoms with E-state index in [1.54, 1.807) is 0 Å². The first-order chi connectivity index (χ1) is 15.8. The van der Waals surface area contributed by atoms with Gasteiger partial charge in [0, 0.05) is 35.4 Å². The predicted molar refractivity (Wildman–Crippen MR) is 129 cm³/mol. The Kier molecular flexibility index (Phi) is 6.36. The van der Waals surface area contributed by atoms with Crippen molar-refractivity contribution in [1.29, 1.82) is 0 Å². The van der Waals surface area contributed by atoms with Crippen LogP contribution in [-0.4, -0.2) is 39.1 Å². The van der Waals surface area contributed by atoms with Gasteiger partial charge >= 0.3 is 5.97 Å². The van der Waals surface area contributed by atoms with Gasteiger partial charge in [0.1, 0.15) is 12.3 Å². The SMILES string of the molecule is CC(C)Oc1ccc(CN(CC(=O)O)C(=O)Cc2ccc3c4ccccc4n(C)c3c2)cc1. The Morgan fingerprint density at radius 2 is 1.61 bits per heavy atom. The minimum Gasteiger partial charge on any atom is -0.491 e. The van der Waals surface area contributed by atoms with Gasteiger partial charge in [0.25, 0.3) is 0 Å². The molecule has 1 N–H and O–H groups in total. The van der Waals surface area contributed by atoms with Crippen LogP contribution in [0.5, 0.6) is 5.75 Å². The molecule has 0 aliphatic heterocycles. The number of aryl methyl sites for hydroxylation is 1. The number of carbonyl (C=O) groups excluding carboxylic acids is 1. The van der Waals surface area contributed by atoms with E-state index in [0.29, 0.717) is 0 Å². The van der Waals surface area contributed by atoms with E-state index in [1.807, 2.05) is 75.5 Å². The Morgan fingerprint density at radius 1 is 0.939 bits per heavy atom. The van der Waals surface area contributed by atoms with E-state index in [1.165, 1.54) is 10.3 Å². The number of aliphatic carboxylic acids is 1. The number of hydrogen-bond acceptors (Lipinski definition) is 3. The summed E-state index contributed by atoms with van der Waals surface area (Å²) in [6, 6.07) is 21.6. The molecule has 3 aromatic carbocycles. The van der Waals surface area contributed by atoms with Crippen molar-refractivity contribution < 1.29 is 19.4 Å². The van der Waals surface area contributed by atoms with Crippen molar-refractivity contribution in [2.75, 3.05) is 6.54 Å². The normalized spacial score (nSPS) is 11.3. The van der Waals surface area contributed by atoms with Crippen LogP contribution in [0.2, 0.25) is 0 Å². The first-order valence-electron chi connectivity index (χ1n) is 11.0. The van der Waals surface area contributed by atoms with Crippen molar-refractivity contribution in [1.82, 2.24) is 9.47 Å². The standard InChI is InChI=1S/C27H28N2O4/c1-18(2)33-21-11-8-19(9-12-21)16-29(17-27(31)32)26(30)15-20-10-13-23-22-6-4-5-7-24(22)28(3)25(23)14-20/h4-14,18H,15-17H2,1-3H3,(H,31,32). The van der Waals surface area contributed by atoms with Gasteiger partial charge in [0.05, 0.1) is 12.5 Å². The molecule has 0 fully saturated rings. The Bertz CT molecular complexity index is 1310. The topological polar surface area (TPSA) is 71.8 Å². The maximum atomic E-state index is 13.1. The van der Waals surface area contributed by atoms with E-state index >= 15 is 0 Å². The van der Waals surface area contributed by atoms with Crippen molar-refractivity contribution >= 4 is 33.7 Å². The van der Waals surface area contributed by atoms with Gasteiger partial charge in [-0.3, -0.25) is 9.59 Å². The van der Waals surface area contributed by atoms with E-state index in [4.69, 9.17) is 4.74 Å². The number of rotatable bonds is 8. The van der Waals surface area contributed by atoms with Gasteiger partial charge in [0.15, 0.2) is 0 Å². The average molecular weight is 445 g/mol. The van der Waals surface area contributed by atoms with E-state index in [0.717, 1.165) is 33.3 Å². The van der Waals surface area contributed by atoms with Crippen molar-refractivity contribution in [2.45, 2.75) is 32.9 Å². The molecule has 0 spiro atoms. The summed E-state index contributed by atoms with van der Waals surface area (Å²) in [6.07, 6.45) is 0.208. The zero-order valence-electron chi connectivity index (χ0n) is 19.1. The number of amides is 1. The molecule has 1 heterocycles. The Labute approximate surface area is 193 Å². The third-order valence-corrected chi connectivity index (χ3v) is 5.68. The first-order valence-corrected chi connectivity index (χ1v) is 11.0. The Hall–Kier alpha value is -3.80. The number of carboxylic acids is 1. The molecule has 1 aromatic heterocycles. The molecule has 0 atom stereocenters. The highest BCUT2D eigenvalue weighted by Gasteiger charge is 2.19. The van der Waals surface area contributed by atoms with Crippen LogP contribution < -0.4 is 4.74 Å². The first kappa shape index (κ1) is 22.4.